The first-order chi connectivity index (χ1) is 10.8. The number of carbonyl (C=O) groups excluding carboxylic acids is 2. The Morgan fingerprint density at radius 2 is 2.00 bits per heavy atom. The zero-order valence-corrected chi connectivity index (χ0v) is 14.6. The van der Waals surface area contributed by atoms with E-state index in [0.717, 1.165) is 38.4 Å². The van der Waals surface area contributed by atoms with Crippen LogP contribution in [0.15, 0.2) is 0 Å². The van der Waals surface area contributed by atoms with Crippen LogP contribution < -0.4 is 4.72 Å². The number of nitrogens with one attached hydrogen (secondary N) is 1. The summed E-state index contributed by atoms with van der Waals surface area (Å²) in [4.78, 5) is 27.9. The Labute approximate surface area is 138 Å². The molecular weight excluding hydrogens is 318 g/mol. The lowest BCUT2D eigenvalue weighted by Gasteiger charge is -2.34. The highest BCUT2D eigenvalue weighted by atomic mass is 32.2. The number of hydrogen-bond donors (Lipinski definition) is 1. The van der Waals surface area contributed by atoms with Gasteiger partial charge in [0.05, 0.1) is 12.8 Å². The summed E-state index contributed by atoms with van der Waals surface area (Å²) in [6.45, 7) is 2.44. The molecule has 0 saturated carbocycles. The maximum Gasteiger partial charge on any atom is 0.242 e. The van der Waals surface area contributed by atoms with Gasteiger partial charge in [-0.15, -0.1) is 0 Å². The maximum absolute atomic E-state index is 12.5. The van der Waals surface area contributed by atoms with Crippen LogP contribution in [-0.2, 0) is 19.6 Å². The van der Waals surface area contributed by atoms with Crippen molar-refractivity contribution in [1.29, 1.82) is 0 Å². The smallest absolute Gasteiger partial charge is 0.242 e. The molecule has 0 aromatic rings. The number of amides is 2. The Kier molecular flexibility index (Phi) is 6.41. The molecule has 0 unspecified atom stereocenters. The number of sulfonamides is 1. The second-order valence-corrected chi connectivity index (χ2v) is 8.43. The molecule has 0 aromatic heterocycles. The average Bonchev–Trinajstić information content (AvgIpc) is 2.70. The van der Waals surface area contributed by atoms with E-state index >= 15 is 0 Å². The summed E-state index contributed by atoms with van der Waals surface area (Å²) in [5.74, 6) is 0.190. The van der Waals surface area contributed by atoms with Gasteiger partial charge in [-0.05, 0) is 31.6 Å². The SMILES string of the molecule is CS(=O)(=O)NC[C@H]1CCCN(C(=O)CN2CCCCCC2=O)C1. The summed E-state index contributed by atoms with van der Waals surface area (Å²) >= 11 is 0. The lowest BCUT2D eigenvalue weighted by molar-refractivity contribution is -0.141. The molecule has 1 atom stereocenters. The molecule has 2 amide bonds. The minimum absolute atomic E-state index is 0.0238. The third-order valence-electron chi connectivity index (χ3n) is 4.50. The normalized spacial score (nSPS) is 23.7. The molecule has 2 rings (SSSR count). The summed E-state index contributed by atoms with van der Waals surface area (Å²) in [7, 11) is -3.20. The maximum atomic E-state index is 12.5. The number of likely N-dealkylation sites (tertiary alicyclic amines) is 2. The van der Waals surface area contributed by atoms with Gasteiger partial charge in [0.25, 0.3) is 0 Å². The standard InChI is InChI=1S/C15H27N3O4S/c1-23(21,22)16-10-13-6-5-9-17(11-13)15(20)12-18-8-4-2-3-7-14(18)19/h13,16H,2-12H2,1H3/t13-/m1/s1. The molecule has 2 heterocycles. The van der Waals surface area contributed by atoms with E-state index in [1.807, 2.05) is 0 Å². The van der Waals surface area contributed by atoms with Crippen LogP contribution in [0.1, 0.15) is 38.5 Å². The molecule has 23 heavy (non-hydrogen) atoms. The summed E-state index contributed by atoms with van der Waals surface area (Å²) in [6, 6.07) is 0. The van der Waals surface area contributed by atoms with Crippen molar-refractivity contribution >= 4 is 21.8 Å². The van der Waals surface area contributed by atoms with Gasteiger partial charge >= 0.3 is 0 Å². The van der Waals surface area contributed by atoms with Crippen LogP contribution in [0, 0.1) is 5.92 Å². The van der Waals surface area contributed by atoms with Gasteiger partial charge in [0.2, 0.25) is 21.8 Å². The van der Waals surface area contributed by atoms with Crippen LogP contribution in [-0.4, -0.2) is 69.0 Å². The van der Waals surface area contributed by atoms with Gasteiger partial charge in [0.1, 0.15) is 0 Å². The molecule has 2 aliphatic heterocycles. The monoisotopic (exact) mass is 345 g/mol. The van der Waals surface area contributed by atoms with Gasteiger partial charge in [0.15, 0.2) is 0 Å². The topological polar surface area (TPSA) is 86.8 Å². The van der Waals surface area contributed by atoms with E-state index in [9.17, 15) is 18.0 Å². The number of nitrogens with zero attached hydrogens (tertiary/aromatic N) is 2. The Morgan fingerprint density at radius 3 is 2.74 bits per heavy atom. The summed E-state index contributed by atoms with van der Waals surface area (Å²) < 4.78 is 24.9. The van der Waals surface area contributed by atoms with Gasteiger partial charge in [0, 0.05) is 32.6 Å². The Bertz CT molecular complexity index is 535. The van der Waals surface area contributed by atoms with Gasteiger partial charge in [-0.2, -0.15) is 0 Å². The first-order valence-electron chi connectivity index (χ1n) is 8.35. The van der Waals surface area contributed by atoms with E-state index < -0.39 is 10.0 Å². The predicted molar refractivity (Wildman–Crippen MR) is 87.2 cm³/mol. The molecule has 2 aliphatic rings. The van der Waals surface area contributed by atoms with Gasteiger partial charge in [-0.3, -0.25) is 9.59 Å². The second-order valence-electron chi connectivity index (χ2n) is 6.59. The van der Waals surface area contributed by atoms with Crippen LogP contribution in [0.25, 0.3) is 0 Å². The van der Waals surface area contributed by atoms with E-state index in [4.69, 9.17) is 0 Å². The molecular formula is C15H27N3O4S. The Hall–Kier alpha value is -1.15. The minimum Gasteiger partial charge on any atom is -0.341 e. The third kappa shape index (κ3) is 6.10. The van der Waals surface area contributed by atoms with E-state index in [1.54, 1.807) is 9.80 Å². The molecule has 0 spiro atoms. The van der Waals surface area contributed by atoms with Gasteiger partial charge in [-0.25, -0.2) is 13.1 Å². The fourth-order valence-corrected chi connectivity index (χ4v) is 3.73. The van der Waals surface area contributed by atoms with Crippen LogP contribution in [0.5, 0.6) is 0 Å². The zero-order valence-electron chi connectivity index (χ0n) is 13.8. The fourth-order valence-electron chi connectivity index (χ4n) is 3.20. The van der Waals surface area contributed by atoms with Crippen molar-refractivity contribution in [3.8, 4) is 0 Å². The van der Waals surface area contributed by atoms with Crippen molar-refractivity contribution < 1.29 is 18.0 Å². The van der Waals surface area contributed by atoms with Gasteiger partial charge < -0.3 is 9.80 Å². The van der Waals surface area contributed by atoms with Crippen molar-refractivity contribution in [1.82, 2.24) is 14.5 Å². The first-order valence-corrected chi connectivity index (χ1v) is 10.2. The average molecular weight is 345 g/mol. The minimum atomic E-state index is -3.20. The van der Waals surface area contributed by atoms with Crippen molar-refractivity contribution in [2.75, 3.05) is 39.0 Å². The fraction of sp³-hybridized carbons (Fsp3) is 0.867. The van der Waals surface area contributed by atoms with E-state index in [1.165, 1.54) is 0 Å². The van der Waals surface area contributed by atoms with Crippen LogP contribution in [0.2, 0.25) is 0 Å². The molecule has 132 valence electrons. The highest BCUT2D eigenvalue weighted by Crippen LogP contribution is 2.17. The molecule has 8 heteroatoms. The van der Waals surface area contributed by atoms with E-state index in [-0.39, 0.29) is 24.3 Å². The zero-order chi connectivity index (χ0) is 16.9. The highest BCUT2D eigenvalue weighted by molar-refractivity contribution is 7.88. The summed E-state index contributed by atoms with van der Waals surface area (Å²) in [6.07, 6.45) is 6.37. The molecule has 2 fully saturated rings. The number of hydrogen-bond acceptors (Lipinski definition) is 4. The first kappa shape index (κ1) is 18.2. The summed E-state index contributed by atoms with van der Waals surface area (Å²) in [5, 5.41) is 0. The van der Waals surface area contributed by atoms with Gasteiger partial charge in [-0.1, -0.05) is 6.42 Å². The Morgan fingerprint density at radius 1 is 1.22 bits per heavy atom. The number of carbonyl (C=O) groups is 2. The third-order valence-corrected chi connectivity index (χ3v) is 5.19. The molecule has 0 aromatic carbocycles. The predicted octanol–water partition coefficient (Wildman–Crippen LogP) is 0.177. The number of rotatable bonds is 5. The van der Waals surface area contributed by atoms with Crippen molar-refractivity contribution in [3.63, 3.8) is 0 Å². The number of piperidine rings is 1. The quantitative estimate of drug-likeness (QED) is 0.770. The van der Waals surface area contributed by atoms with Crippen molar-refractivity contribution in [3.05, 3.63) is 0 Å². The molecule has 0 radical (unpaired) electrons. The van der Waals surface area contributed by atoms with Crippen LogP contribution in [0.3, 0.4) is 0 Å². The molecule has 0 aliphatic carbocycles. The lowest BCUT2D eigenvalue weighted by Crippen LogP contribution is -2.48. The van der Waals surface area contributed by atoms with Crippen LogP contribution in [0.4, 0.5) is 0 Å². The Balaban J connectivity index is 1.84. The largest absolute Gasteiger partial charge is 0.341 e. The van der Waals surface area contributed by atoms with E-state index in [0.29, 0.717) is 32.6 Å². The molecule has 7 nitrogen and oxygen atoms in total. The molecule has 0 bridgehead atoms. The summed E-state index contributed by atoms with van der Waals surface area (Å²) in [5.41, 5.74) is 0. The van der Waals surface area contributed by atoms with E-state index in [2.05, 4.69) is 4.72 Å². The lowest BCUT2D eigenvalue weighted by atomic mass is 9.98. The highest BCUT2D eigenvalue weighted by Gasteiger charge is 2.27. The molecule has 2 saturated heterocycles. The molecule has 1 N–H and O–H groups in total. The van der Waals surface area contributed by atoms with Crippen molar-refractivity contribution in [2.24, 2.45) is 5.92 Å². The second kappa shape index (κ2) is 8.10. The van der Waals surface area contributed by atoms with Crippen LogP contribution >= 0.6 is 0 Å². The van der Waals surface area contributed by atoms with Crippen molar-refractivity contribution in [2.45, 2.75) is 38.5 Å².